The summed E-state index contributed by atoms with van der Waals surface area (Å²) < 4.78 is 0. The lowest BCUT2D eigenvalue weighted by atomic mass is 9.82. The second-order valence-corrected chi connectivity index (χ2v) is 4.72. The van der Waals surface area contributed by atoms with Crippen LogP contribution in [0.4, 0.5) is 0 Å². The molecule has 2 aliphatic heterocycles. The molecule has 0 radical (unpaired) electrons. The molecule has 15 heavy (non-hydrogen) atoms. The summed E-state index contributed by atoms with van der Waals surface area (Å²) in [5, 5.41) is 27.3. The third-order valence-electron chi connectivity index (χ3n) is 4.21. The van der Waals surface area contributed by atoms with Crippen LogP contribution in [0.3, 0.4) is 0 Å². The molecule has 0 unspecified atom stereocenters. The molecular weight excluding hydrogens is 192 g/mol. The van der Waals surface area contributed by atoms with E-state index in [1.807, 2.05) is 5.01 Å². The van der Waals surface area contributed by atoms with Crippen LogP contribution in [0.1, 0.15) is 6.42 Å². The summed E-state index contributed by atoms with van der Waals surface area (Å²) in [6, 6.07) is 3.57. The van der Waals surface area contributed by atoms with Crippen molar-refractivity contribution in [2.45, 2.75) is 30.6 Å². The van der Waals surface area contributed by atoms with Gasteiger partial charge in [0.1, 0.15) is 24.7 Å². The van der Waals surface area contributed by atoms with Crippen LogP contribution >= 0.6 is 0 Å². The Balaban J connectivity index is 1.68. The second-order valence-electron chi connectivity index (χ2n) is 4.72. The molecule has 0 amide bonds. The minimum Gasteiger partial charge on any atom is -0.259 e. The van der Waals surface area contributed by atoms with E-state index in [-0.39, 0.29) is 6.04 Å². The highest BCUT2D eigenvalue weighted by Gasteiger charge is 2.65. The summed E-state index contributed by atoms with van der Waals surface area (Å²) in [6.45, 7) is 0.350. The van der Waals surface area contributed by atoms with Crippen molar-refractivity contribution in [2.75, 3.05) is 6.54 Å². The number of hydrogen-bond donors (Lipinski definition) is 0. The van der Waals surface area contributed by atoms with Crippen molar-refractivity contribution in [2.24, 2.45) is 32.4 Å². The van der Waals surface area contributed by atoms with Gasteiger partial charge in [0.15, 0.2) is 0 Å². The Morgan fingerprint density at radius 1 is 1.13 bits per heavy atom. The van der Waals surface area contributed by atoms with Gasteiger partial charge in [-0.15, -0.1) is 0 Å². The van der Waals surface area contributed by atoms with Crippen molar-refractivity contribution < 1.29 is 0 Å². The van der Waals surface area contributed by atoms with Crippen molar-refractivity contribution >= 4 is 0 Å². The minimum absolute atomic E-state index is 0.281. The highest BCUT2D eigenvalue weighted by Crippen LogP contribution is 2.55. The molecule has 2 bridgehead atoms. The van der Waals surface area contributed by atoms with E-state index in [1.165, 1.54) is 6.42 Å². The number of nitrogens with zero attached hydrogens (tertiary/aromatic N) is 6. The van der Waals surface area contributed by atoms with Gasteiger partial charge in [0.05, 0.1) is 12.1 Å². The van der Waals surface area contributed by atoms with Crippen LogP contribution in [0.5, 0.6) is 0 Å². The standard InChI is InChI=1S/C9H10N6/c10-1-2-15-9-5-3-4(8(9)13-14-15)6-7(5)12-11-6/h4-9H,2-3H2/t4-,5+,6+,7-,8-,9+/m0/s1. The fourth-order valence-electron chi connectivity index (χ4n) is 3.63. The van der Waals surface area contributed by atoms with Gasteiger partial charge in [-0.05, 0) is 6.42 Å². The molecule has 0 aromatic carbocycles. The van der Waals surface area contributed by atoms with Crippen LogP contribution < -0.4 is 0 Å². The van der Waals surface area contributed by atoms with Crippen LogP contribution in [0.15, 0.2) is 20.6 Å². The zero-order valence-electron chi connectivity index (χ0n) is 8.06. The van der Waals surface area contributed by atoms with Crippen molar-refractivity contribution in [1.29, 1.82) is 5.26 Å². The lowest BCUT2D eigenvalue weighted by Crippen LogP contribution is -2.52. The van der Waals surface area contributed by atoms with E-state index in [0.717, 1.165) is 0 Å². The molecule has 2 aliphatic carbocycles. The molecule has 2 heterocycles. The molecule has 2 saturated carbocycles. The van der Waals surface area contributed by atoms with Crippen molar-refractivity contribution in [3.8, 4) is 6.07 Å². The van der Waals surface area contributed by atoms with Gasteiger partial charge in [-0.1, -0.05) is 5.22 Å². The van der Waals surface area contributed by atoms with Gasteiger partial charge in [-0.2, -0.15) is 20.6 Å². The summed E-state index contributed by atoms with van der Waals surface area (Å²) in [5.41, 5.74) is 0. The molecular formula is C9H10N6. The van der Waals surface area contributed by atoms with Crippen LogP contribution in [0, 0.1) is 23.2 Å². The Hall–Kier alpha value is -1.51. The molecule has 0 saturated heterocycles. The first-order valence-electron chi connectivity index (χ1n) is 5.34. The average Bonchev–Trinajstić information content (AvgIpc) is 2.75. The molecule has 2 fully saturated rings. The molecule has 76 valence electrons. The lowest BCUT2D eigenvalue weighted by molar-refractivity contribution is 0.142. The smallest absolute Gasteiger partial charge is 0.125 e. The highest BCUT2D eigenvalue weighted by atomic mass is 15.6. The van der Waals surface area contributed by atoms with Crippen LogP contribution in [0.2, 0.25) is 0 Å². The highest BCUT2D eigenvalue weighted by molar-refractivity contribution is 5.20. The normalized spacial score (nSPS) is 52.6. The quantitative estimate of drug-likeness (QED) is 0.589. The number of azo groups is 1. The third kappa shape index (κ3) is 0.727. The van der Waals surface area contributed by atoms with E-state index in [1.54, 1.807) is 0 Å². The fraction of sp³-hybridized carbons (Fsp3) is 0.889. The zero-order chi connectivity index (χ0) is 9.99. The largest absolute Gasteiger partial charge is 0.259 e. The molecule has 0 aromatic rings. The molecule has 6 atom stereocenters. The summed E-state index contributed by atoms with van der Waals surface area (Å²) >= 11 is 0. The first-order chi connectivity index (χ1) is 7.40. The van der Waals surface area contributed by atoms with E-state index in [4.69, 9.17) is 5.26 Å². The van der Waals surface area contributed by atoms with E-state index in [2.05, 4.69) is 26.6 Å². The Labute approximate surface area is 86.7 Å². The summed E-state index contributed by atoms with van der Waals surface area (Å²) in [7, 11) is 0. The molecule has 0 aromatic heterocycles. The van der Waals surface area contributed by atoms with Gasteiger partial charge >= 0.3 is 0 Å². The van der Waals surface area contributed by atoms with Gasteiger partial charge < -0.3 is 0 Å². The average molecular weight is 202 g/mol. The Bertz CT molecular complexity index is 409. The van der Waals surface area contributed by atoms with E-state index in [9.17, 15) is 0 Å². The molecule has 0 spiro atoms. The van der Waals surface area contributed by atoms with E-state index >= 15 is 0 Å². The maximum atomic E-state index is 8.71. The number of rotatable bonds is 1. The lowest BCUT2D eigenvalue weighted by Gasteiger charge is -2.37. The number of nitriles is 1. The summed E-state index contributed by atoms with van der Waals surface area (Å²) in [6.07, 6.45) is 1.17. The van der Waals surface area contributed by atoms with Gasteiger partial charge in [0.2, 0.25) is 0 Å². The van der Waals surface area contributed by atoms with Crippen LogP contribution in [-0.4, -0.2) is 35.7 Å². The molecule has 4 aliphatic rings. The minimum atomic E-state index is 0.281. The van der Waals surface area contributed by atoms with Gasteiger partial charge in [-0.3, -0.25) is 5.01 Å². The first kappa shape index (κ1) is 7.74. The van der Waals surface area contributed by atoms with Crippen molar-refractivity contribution in [1.82, 2.24) is 5.01 Å². The summed E-state index contributed by atoms with van der Waals surface area (Å²) in [5.74, 6) is 1.07. The second kappa shape index (κ2) is 2.35. The molecule has 6 heteroatoms. The van der Waals surface area contributed by atoms with Gasteiger partial charge in [0.25, 0.3) is 0 Å². The summed E-state index contributed by atoms with van der Waals surface area (Å²) in [4.78, 5) is 0. The van der Waals surface area contributed by atoms with Crippen molar-refractivity contribution in [3.63, 3.8) is 0 Å². The Morgan fingerprint density at radius 2 is 1.93 bits per heavy atom. The van der Waals surface area contributed by atoms with Gasteiger partial charge in [0, 0.05) is 11.8 Å². The monoisotopic (exact) mass is 202 g/mol. The first-order valence-corrected chi connectivity index (χ1v) is 5.34. The SMILES string of the molecule is N#CCN1N=N[C@H]2[C@H]3C[C@H]([C@@H]4N=N[C@H]34)[C@H]21. The predicted molar refractivity (Wildman–Crippen MR) is 48.8 cm³/mol. The molecule has 4 rings (SSSR count). The van der Waals surface area contributed by atoms with Gasteiger partial charge in [-0.25, -0.2) is 0 Å². The Morgan fingerprint density at radius 3 is 2.67 bits per heavy atom. The Kier molecular flexibility index (Phi) is 1.21. The molecule has 6 nitrogen and oxygen atoms in total. The van der Waals surface area contributed by atoms with Crippen molar-refractivity contribution in [3.05, 3.63) is 0 Å². The number of fused-ring (bicyclic) bond motifs is 8. The van der Waals surface area contributed by atoms with E-state index < -0.39 is 0 Å². The predicted octanol–water partition coefficient (Wildman–Crippen LogP) is 0.783. The van der Waals surface area contributed by atoms with E-state index in [0.29, 0.717) is 36.5 Å². The van der Waals surface area contributed by atoms with Crippen LogP contribution in [-0.2, 0) is 0 Å². The maximum absolute atomic E-state index is 8.71. The fourth-order valence-corrected chi connectivity index (χ4v) is 3.63. The third-order valence-corrected chi connectivity index (χ3v) is 4.21. The van der Waals surface area contributed by atoms with Crippen LogP contribution in [0.25, 0.3) is 0 Å². The maximum Gasteiger partial charge on any atom is 0.125 e. The topological polar surface area (TPSA) is 76.5 Å². The molecule has 0 N–H and O–H groups in total. The zero-order valence-corrected chi connectivity index (χ0v) is 8.06. The number of hydrogen-bond acceptors (Lipinski definition) is 6.